The van der Waals surface area contributed by atoms with E-state index in [1.807, 2.05) is 0 Å². The Hall–Kier alpha value is -2.72. The van der Waals surface area contributed by atoms with Crippen molar-refractivity contribution < 1.29 is 23.5 Å². The van der Waals surface area contributed by atoms with Crippen molar-refractivity contribution in [3.8, 4) is 0 Å². The molecule has 0 spiro atoms. The molecule has 30 heavy (non-hydrogen) atoms. The van der Waals surface area contributed by atoms with E-state index in [4.69, 9.17) is 4.74 Å². The Labute approximate surface area is 187 Å². The van der Waals surface area contributed by atoms with Crippen molar-refractivity contribution in [2.75, 3.05) is 19.4 Å². The van der Waals surface area contributed by atoms with Crippen LogP contribution in [0.5, 0.6) is 0 Å². The fourth-order valence-electron chi connectivity index (χ4n) is 2.71. The predicted molar refractivity (Wildman–Crippen MR) is 118 cm³/mol. The number of hydrogen-bond acceptors (Lipinski definition) is 6. The summed E-state index contributed by atoms with van der Waals surface area (Å²) in [7, 11) is 1.48. The summed E-state index contributed by atoms with van der Waals surface area (Å²) in [4.78, 5) is 41.6. The van der Waals surface area contributed by atoms with Gasteiger partial charge in [0.15, 0.2) is 5.17 Å². The molecule has 1 aliphatic heterocycles. The lowest BCUT2D eigenvalue weighted by atomic mass is 10.1. The molecular formula is C20H19BrFN3O4S. The number of esters is 1. The zero-order chi connectivity index (χ0) is 21.0. The summed E-state index contributed by atoms with van der Waals surface area (Å²) >= 11 is 0.981. The van der Waals surface area contributed by atoms with E-state index in [1.165, 1.54) is 30.3 Å². The van der Waals surface area contributed by atoms with Crippen LogP contribution in [-0.2, 0) is 9.53 Å². The topological polar surface area (TPSA) is 79.3 Å². The molecular weight excluding hydrogens is 477 g/mol. The SMILES string of the molecule is Br.CCOC(=O)CSC(=Nc1cccc(F)c1)N(C)N1C(=O)c2ccccc2C1=O. The van der Waals surface area contributed by atoms with Gasteiger partial charge in [-0.2, -0.15) is 5.01 Å². The number of thioether (sulfide) groups is 1. The zero-order valence-corrected chi connectivity index (χ0v) is 18.7. The molecule has 1 heterocycles. The van der Waals surface area contributed by atoms with Gasteiger partial charge in [0.05, 0.1) is 29.2 Å². The third-order valence-corrected chi connectivity index (χ3v) is 5.00. The number of amides is 2. The highest BCUT2D eigenvalue weighted by molar-refractivity contribution is 8.93. The van der Waals surface area contributed by atoms with Crippen LogP contribution < -0.4 is 0 Å². The van der Waals surface area contributed by atoms with Crippen molar-refractivity contribution in [1.29, 1.82) is 0 Å². The van der Waals surface area contributed by atoms with Gasteiger partial charge in [0, 0.05) is 7.05 Å². The van der Waals surface area contributed by atoms with Crippen LogP contribution in [0.4, 0.5) is 10.1 Å². The maximum Gasteiger partial charge on any atom is 0.316 e. The number of imide groups is 1. The van der Waals surface area contributed by atoms with Crippen molar-refractivity contribution >= 4 is 57.4 Å². The number of fused-ring (bicyclic) bond motifs is 1. The van der Waals surface area contributed by atoms with Crippen LogP contribution >= 0.6 is 28.7 Å². The second-order valence-electron chi connectivity index (χ2n) is 5.96. The molecule has 0 bridgehead atoms. The first-order valence-corrected chi connectivity index (χ1v) is 9.75. The fourth-order valence-corrected chi connectivity index (χ4v) is 3.48. The number of hydrazine groups is 1. The van der Waals surface area contributed by atoms with Gasteiger partial charge in [-0.1, -0.05) is 30.0 Å². The Morgan fingerprint density at radius 1 is 1.13 bits per heavy atom. The average Bonchev–Trinajstić information content (AvgIpc) is 2.96. The van der Waals surface area contributed by atoms with Crippen molar-refractivity contribution in [3.63, 3.8) is 0 Å². The van der Waals surface area contributed by atoms with Crippen LogP contribution in [-0.4, -0.2) is 52.4 Å². The lowest BCUT2D eigenvalue weighted by Crippen LogP contribution is -2.46. The number of ether oxygens (including phenoxy) is 1. The van der Waals surface area contributed by atoms with E-state index in [9.17, 15) is 18.8 Å². The van der Waals surface area contributed by atoms with E-state index in [0.29, 0.717) is 0 Å². The number of carbonyl (C=O) groups is 3. The summed E-state index contributed by atoms with van der Waals surface area (Å²) in [5.41, 5.74) is 0.842. The molecule has 158 valence electrons. The quantitative estimate of drug-likeness (QED) is 0.271. The van der Waals surface area contributed by atoms with E-state index in [0.717, 1.165) is 16.8 Å². The number of rotatable bonds is 5. The molecule has 0 atom stereocenters. The van der Waals surface area contributed by atoms with E-state index >= 15 is 0 Å². The Morgan fingerprint density at radius 2 is 1.77 bits per heavy atom. The summed E-state index contributed by atoms with van der Waals surface area (Å²) in [6.07, 6.45) is 0. The lowest BCUT2D eigenvalue weighted by Gasteiger charge is -2.28. The monoisotopic (exact) mass is 495 g/mol. The molecule has 10 heteroatoms. The van der Waals surface area contributed by atoms with Gasteiger partial charge in [-0.15, -0.1) is 17.0 Å². The highest BCUT2D eigenvalue weighted by atomic mass is 79.9. The molecule has 0 aromatic heterocycles. The second-order valence-corrected chi connectivity index (χ2v) is 6.90. The second kappa shape index (κ2) is 10.4. The highest BCUT2D eigenvalue weighted by Crippen LogP contribution is 2.26. The smallest absolute Gasteiger partial charge is 0.316 e. The number of carbonyl (C=O) groups excluding carboxylic acids is 3. The number of amidine groups is 1. The summed E-state index contributed by atoms with van der Waals surface area (Å²) in [5.74, 6) is -2.05. The maximum absolute atomic E-state index is 13.6. The Bertz CT molecular complexity index is 967. The normalized spacial score (nSPS) is 13.0. The summed E-state index contributed by atoms with van der Waals surface area (Å²) in [6.45, 7) is 1.92. The molecule has 2 aromatic carbocycles. The molecule has 0 unspecified atom stereocenters. The van der Waals surface area contributed by atoms with Crippen molar-refractivity contribution in [3.05, 3.63) is 65.5 Å². The van der Waals surface area contributed by atoms with Crippen LogP contribution in [0.3, 0.4) is 0 Å². The molecule has 3 rings (SSSR count). The maximum atomic E-state index is 13.6. The average molecular weight is 496 g/mol. The first-order chi connectivity index (χ1) is 13.9. The number of halogens is 2. The number of benzene rings is 2. The highest BCUT2D eigenvalue weighted by Gasteiger charge is 2.39. The minimum absolute atomic E-state index is 0. The largest absolute Gasteiger partial charge is 0.465 e. The Balaban J connectivity index is 0.00000320. The van der Waals surface area contributed by atoms with Crippen molar-refractivity contribution in [2.45, 2.75) is 6.92 Å². The molecule has 0 aliphatic carbocycles. The molecule has 1 aliphatic rings. The van der Waals surface area contributed by atoms with Crippen molar-refractivity contribution in [2.24, 2.45) is 4.99 Å². The Morgan fingerprint density at radius 3 is 2.33 bits per heavy atom. The van der Waals surface area contributed by atoms with Gasteiger partial charge >= 0.3 is 5.97 Å². The van der Waals surface area contributed by atoms with Gasteiger partial charge < -0.3 is 4.74 Å². The van der Waals surface area contributed by atoms with Crippen LogP contribution in [0.25, 0.3) is 0 Å². The molecule has 0 N–H and O–H groups in total. The van der Waals surface area contributed by atoms with E-state index < -0.39 is 23.6 Å². The van der Waals surface area contributed by atoms with Gasteiger partial charge in [-0.25, -0.2) is 9.38 Å². The van der Waals surface area contributed by atoms with Crippen LogP contribution in [0.1, 0.15) is 27.6 Å². The number of hydrogen-bond donors (Lipinski definition) is 0. The molecule has 2 amide bonds. The first kappa shape index (κ1) is 23.6. The summed E-state index contributed by atoms with van der Waals surface area (Å²) < 4.78 is 18.5. The fraction of sp³-hybridized carbons (Fsp3) is 0.200. The minimum Gasteiger partial charge on any atom is -0.465 e. The molecule has 0 saturated carbocycles. The predicted octanol–water partition coefficient (Wildman–Crippen LogP) is 3.83. The molecule has 2 aromatic rings. The van der Waals surface area contributed by atoms with Crippen LogP contribution in [0.15, 0.2) is 53.5 Å². The summed E-state index contributed by atoms with van der Waals surface area (Å²) in [5, 5.41) is 2.37. The van der Waals surface area contributed by atoms with Gasteiger partial charge in [-0.3, -0.25) is 19.4 Å². The van der Waals surface area contributed by atoms with Gasteiger partial charge in [-0.05, 0) is 37.3 Å². The molecule has 0 radical (unpaired) electrons. The third kappa shape index (κ3) is 5.06. The first-order valence-electron chi connectivity index (χ1n) is 8.76. The number of aliphatic imine (C=N–C) groups is 1. The van der Waals surface area contributed by atoms with Gasteiger partial charge in [0.2, 0.25) is 0 Å². The Kier molecular flexibility index (Phi) is 8.13. The molecule has 0 saturated heterocycles. The molecule has 7 nitrogen and oxygen atoms in total. The van der Waals surface area contributed by atoms with E-state index in [1.54, 1.807) is 37.3 Å². The van der Waals surface area contributed by atoms with Gasteiger partial charge in [0.1, 0.15) is 5.82 Å². The van der Waals surface area contributed by atoms with Crippen LogP contribution in [0.2, 0.25) is 0 Å². The minimum atomic E-state index is -0.503. The van der Waals surface area contributed by atoms with Crippen molar-refractivity contribution in [1.82, 2.24) is 10.0 Å². The molecule has 0 fully saturated rings. The number of nitrogens with zero attached hydrogens (tertiary/aromatic N) is 3. The standard InChI is InChI=1S/C20H18FN3O4S.BrH/c1-3-28-17(25)12-29-20(22-14-8-6-7-13(21)11-14)23(2)24-18(26)15-9-4-5-10-16(15)19(24)27;/h4-11H,3,12H2,1-2H3;1H. The lowest BCUT2D eigenvalue weighted by molar-refractivity contribution is -0.139. The van der Waals surface area contributed by atoms with E-state index in [2.05, 4.69) is 4.99 Å². The third-order valence-electron chi connectivity index (χ3n) is 4.01. The van der Waals surface area contributed by atoms with Gasteiger partial charge in [0.25, 0.3) is 11.8 Å². The summed E-state index contributed by atoms with van der Waals surface area (Å²) in [6, 6.07) is 12.0. The van der Waals surface area contributed by atoms with E-state index in [-0.39, 0.29) is 51.3 Å². The van der Waals surface area contributed by atoms with Crippen LogP contribution in [0, 0.1) is 5.82 Å². The zero-order valence-electron chi connectivity index (χ0n) is 16.2.